The summed E-state index contributed by atoms with van der Waals surface area (Å²) in [6.45, 7) is 4.78. The van der Waals surface area contributed by atoms with Gasteiger partial charge in [0.15, 0.2) is 0 Å². The number of aromatic nitrogens is 12. The van der Waals surface area contributed by atoms with Crippen molar-refractivity contribution in [1.29, 1.82) is 0 Å². The molecule has 21 heteroatoms. The molecule has 3 heterocycles. The molecular formula is C22H32N12O9. The Morgan fingerprint density at radius 3 is 1.49 bits per heavy atom. The number of ether oxygens (including phenoxy) is 3. The summed E-state index contributed by atoms with van der Waals surface area (Å²) in [4.78, 5) is 66.6. The number of aryl methyl sites for hydroxylation is 3. The Morgan fingerprint density at radius 2 is 1.14 bits per heavy atom. The van der Waals surface area contributed by atoms with E-state index in [0.717, 1.165) is 45.6 Å². The van der Waals surface area contributed by atoms with Crippen LogP contribution in [0.1, 0.15) is 31.8 Å². The predicted octanol–water partition coefficient (Wildman–Crippen LogP) is -2.49. The number of carbonyl (C=O) groups excluding carboxylic acids is 3. The minimum absolute atomic E-state index is 0.231. The van der Waals surface area contributed by atoms with E-state index in [-0.39, 0.29) is 4.68 Å². The normalized spacial score (nSPS) is 12.5. The van der Waals surface area contributed by atoms with Crippen LogP contribution in [0.2, 0.25) is 0 Å². The summed E-state index contributed by atoms with van der Waals surface area (Å²) in [6.07, 6.45) is 6.51. The lowest BCUT2D eigenvalue weighted by molar-refractivity contribution is -0.148. The Bertz CT molecular complexity index is 1750. The fraction of sp³-hybridized carbons (Fsp3) is 0.455. The van der Waals surface area contributed by atoms with E-state index in [1.807, 2.05) is 0 Å². The van der Waals surface area contributed by atoms with Crippen molar-refractivity contribution in [3.63, 3.8) is 0 Å². The van der Waals surface area contributed by atoms with Gasteiger partial charge in [0.2, 0.25) is 0 Å². The van der Waals surface area contributed by atoms with E-state index in [1.165, 1.54) is 31.2 Å². The first-order valence-electron chi connectivity index (χ1n) is 13.3. The molecule has 3 rings (SSSR count). The van der Waals surface area contributed by atoms with E-state index in [9.17, 15) is 28.8 Å². The molecule has 0 aromatic carbocycles. The molecule has 0 saturated heterocycles. The monoisotopic (exact) mass is 611 g/mol. The van der Waals surface area contributed by atoms with Crippen LogP contribution in [0.5, 0.6) is 0 Å². The van der Waals surface area contributed by atoms with E-state index < -0.39 is 47.6 Å². The molecule has 3 aromatic heterocycles. The molecule has 0 aliphatic rings. The third-order valence-electron chi connectivity index (χ3n) is 4.17. The number of tetrazole rings is 3. The molecule has 0 radical (unpaired) electrons. The van der Waals surface area contributed by atoms with E-state index >= 15 is 0 Å². The lowest BCUT2D eigenvalue weighted by Crippen LogP contribution is -2.23. The van der Waals surface area contributed by atoms with Gasteiger partial charge in [0.25, 0.3) is 0 Å². The van der Waals surface area contributed by atoms with Crippen molar-refractivity contribution in [3.8, 4) is 0 Å². The van der Waals surface area contributed by atoms with Crippen LogP contribution in [0.4, 0.5) is 0 Å². The van der Waals surface area contributed by atoms with E-state index in [0.29, 0.717) is 11.2 Å². The molecule has 3 aromatic rings. The van der Waals surface area contributed by atoms with Crippen molar-refractivity contribution in [2.24, 2.45) is 14.0 Å². The summed E-state index contributed by atoms with van der Waals surface area (Å²) in [7, 11) is 3.88. The summed E-state index contributed by atoms with van der Waals surface area (Å²) < 4.78 is 39.4. The molecule has 0 saturated carbocycles. The molecule has 0 atom stereocenters. The molecule has 0 aliphatic heterocycles. The largest absolute Gasteiger partial charge is 0.466 e. The van der Waals surface area contributed by atoms with Crippen molar-refractivity contribution in [1.82, 2.24) is 59.4 Å². The molecule has 0 aliphatic carbocycles. The Balaban J connectivity index is 0.000000346. The molecule has 0 spiro atoms. The summed E-state index contributed by atoms with van der Waals surface area (Å²) in [5, 5.41) is 20.4. The van der Waals surface area contributed by atoms with Crippen molar-refractivity contribution in [2.75, 3.05) is 14.2 Å². The van der Waals surface area contributed by atoms with Crippen LogP contribution >= 0.6 is 0 Å². The van der Waals surface area contributed by atoms with Crippen molar-refractivity contribution < 1.29 is 32.7 Å². The van der Waals surface area contributed by atoms with Crippen LogP contribution in [-0.4, -0.2) is 97.1 Å². The Morgan fingerprint density at radius 1 is 0.721 bits per heavy atom. The topological polar surface area (TPSA) is 237 Å². The second-order valence-electron chi connectivity index (χ2n) is 8.50. The highest BCUT2D eigenvalue weighted by molar-refractivity contribution is 5.85. The fourth-order valence-corrected chi connectivity index (χ4v) is 2.22. The minimum Gasteiger partial charge on any atom is -0.466 e. The van der Waals surface area contributed by atoms with Crippen LogP contribution in [0.25, 0.3) is 18.6 Å². The molecule has 0 fully saturated rings. The first-order chi connectivity index (χ1) is 21.3. The molecular weight excluding hydrogens is 576 g/mol. The maximum atomic E-state index is 11.4. The quantitative estimate of drug-likeness (QED) is 0.153. The van der Waals surface area contributed by atoms with Gasteiger partial charge in [0, 0.05) is 61.5 Å². The number of hydrogen-bond donors (Lipinski definition) is 0. The van der Waals surface area contributed by atoms with Gasteiger partial charge in [-0.15, -0.1) is 0 Å². The summed E-state index contributed by atoms with van der Waals surface area (Å²) in [6, 6.07) is 0. The van der Waals surface area contributed by atoms with Gasteiger partial charge in [-0.05, 0) is 59.0 Å². The third kappa shape index (κ3) is 12.1. The second kappa shape index (κ2) is 16.5. The van der Waals surface area contributed by atoms with Crippen molar-refractivity contribution in [2.45, 2.75) is 39.8 Å². The predicted molar refractivity (Wildman–Crippen MR) is 146 cm³/mol. The first-order valence-corrected chi connectivity index (χ1v) is 11.8. The van der Waals surface area contributed by atoms with Gasteiger partial charge in [0.05, 0.1) is 14.2 Å². The third-order valence-corrected chi connectivity index (χ3v) is 4.17. The fourth-order valence-electron chi connectivity index (χ4n) is 2.22. The van der Waals surface area contributed by atoms with Gasteiger partial charge < -0.3 is 14.2 Å². The highest BCUT2D eigenvalue weighted by atomic mass is 16.6. The van der Waals surface area contributed by atoms with Gasteiger partial charge in [-0.1, -0.05) is 0 Å². The summed E-state index contributed by atoms with van der Waals surface area (Å²) >= 11 is 0. The van der Waals surface area contributed by atoms with Gasteiger partial charge >= 0.3 is 35.0 Å². The van der Waals surface area contributed by atoms with Gasteiger partial charge in [-0.2, -0.15) is 28.1 Å². The van der Waals surface area contributed by atoms with E-state index in [1.54, 1.807) is 27.7 Å². The molecule has 21 nitrogen and oxygen atoms in total. The van der Waals surface area contributed by atoms with Crippen LogP contribution in [0, 0.1) is 0 Å². The van der Waals surface area contributed by atoms with Gasteiger partial charge in [-0.3, -0.25) is 0 Å². The molecule has 0 unspecified atom stereocenters. The highest BCUT2D eigenvalue weighted by Crippen LogP contribution is 2.06. The lowest BCUT2D eigenvalue weighted by Gasteiger charge is -2.17. The zero-order chi connectivity index (χ0) is 35.2. The smallest absolute Gasteiger partial charge is 0.367 e. The average molecular weight is 612 g/mol. The Hall–Kier alpha value is -5.76. The number of methoxy groups -OCH3 is 2. The van der Waals surface area contributed by atoms with Crippen LogP contribution in [0.15, 0.2) is 32.6 Å². The zero-order valence-electron chi connectivity index (χ0n) is 27.2. The average Bonchev–Trinajstić information content (AvgIpc) is 3.64. The van der Waals surface area contributed by atoms with Gasteiger partial charge in [-0.25, -0.2) is 28.8 Å². The van der Waals surface area contributed by atoms with Gasteiger partial charge in [0.1, 0.15) is 5.60 Å². The van der Waals surface area contributed by atoms with Crippen molar-refractivity contribution in [3.05, 3.63) is 49.7 Å². The number of carbonyl (C=O) groups is 3. The molecule has 234 valence electrons. The van der Waals surface area contributed by atoms with Crippen LogP contribution in [-0.2, 0) is 49.2 Å². The number of esters is 3. The summed E-state index contributed by atoms with van der Waals surface area (Å²) in [5.74, 6) is -1.79. The maximum absolute atomic E-state index is 11.4. The summed E-state index contributed by atoms with van der Waals surface area (Å²) in [5.41, 5.74) is -2.36. The molecule has 0 N–H and O–H groups in total. The first kappa shape index (κ1) is 30.2. The highest BCUT2D eigenvalue weighted by Gasteiger charge is 2.14. The van der Waals surface area contributed by atoms with Crippen molar-refractivity contribution >= 4 is 36.5 Å². The number of rotatable bonds is 7. The number of nitrogens with zero attached hydrogens (tertiary/aromatic N) is 12. The lowest BCUT2D eigenvalue weighted by atomic mass is 10.2. The standard InChI is InChI=1S/C9H14N4O3.C7H10N4O3.C6H8N4O3/c1-9(2,3)16-7(14)5-6-13-8(15)12(4)10-11-13;1-3-10-7(13)11(9-8-10)5-4-6(12)14-2;1-9-6(12)10(8-7-9)4-3-5(11)13-2/h5-6H,1-4H3;4-5H,3H2,1-2H3;3-4H,1-2H3/b6-5-;5-4-;4-3+/i;;1D3. The van der Waals surface area contributed by atoms with Crippen LogP contribution in [0.3, 0.4) is 0 Å². The van der Waals surface area contributed by atoms with E-state index in [2.05, 4.69) is 40.8 Å². The molecule has 0 amide bonds. The van der Waals surface area contributed by atoms with Crippen LogP contribution < -0.4 is 17.1 Å². The zero-order valence-corrected chi connectivity index (χ0v) is 24.2. The minimum atomic E-state index is -2.70. The SMILES string of the molecule is CCn1nnn(/C=C\C(=O)OC)c1=O.Cn1nnn(/C=C\C(=O)OC(C)(C)C)c1=O.[2H]C([2H])([2H])n1nnn(/C=C/C(=O)OC)c1=O. The number of hydrogen-bond acceptors (Lipinski definition) is 15. The van der Waals surface area contributed by atoms with E-state index in [4.69, 9.17) is 8.85 Å². The Kier molecular flexibility index (Phi) is 11.6. The Labute approximate surface area is 247 Å². The maximum Gasteiger partial charge on any atom is 0.367 e. The molecule has 43 heavy (non-hydrogen) atoms. The second-order valence-corrected chi connectivity index (χ2v) is 8.50. The molecule has 0 bridgehead atoms.